The Hall–Kier alpha value is -0.570. The summed E-state index contributed by atoms with van der Waals surface area (Å²) in [5.74, 6) is 1.97. The molecule has 3 unspecified atom stereocenters. The van der Waals surface area contributed by atoms with Gasteiger partial charge < -0.3 is 10.6 Å². The topological polar surface area (TPSA) is 41.1 Å². The van der Waals surface area contributed by atoms with E-state index >= 15 is 0 Å². The molecular formula is C15H28N2O. The van der Waals surface area contributed by atoms with Gasteiger partial charge in [-0.15, -0.1) is 0 Å². The van der Waals surface area contributed by atoms with E-state index in [1.54, 1.807) is 0 Å². The van der Waals surface area contributed by atoms with Crippen LogP contribution in [0.5, 0.6) is 0 Å². The minimum absolute atomic E-state index is 0.167. The van der Waals surface area contributed by atoms with Crippen molar-refractivity contribution in [1.82, 2.24) is 10.6 Å². The average molecular weight is 252 g/mol. The molecule has 3 nitrogen and oxygen atoms in total. The predicted molar refractivity (Wildman–Crippen MR) is 74.3 cm³/mol. The SMILES string of the molecule is CC1CCCC(CCNC(=O)C2(C)CCNC2)C1. The summed E-state index contributed by atoms with van der Waals surface area (Å²) >= 11 is 0. The van der Waals surface area contributed by atoms with Crippen LogP contribution in [0.2, 0.25) is 0 Å². The molecule has 0 aromatic rings. The van der Waals surface area contributed by atoms with Gasteiger partial charge in [-0.1, -0.05) is 26.2 Å². The van der Waals surface area contributed by atoms with Crippen molar-refractivity contribution < 1.29 is 4.79 Å². The van der Waals surface area contributed by atoms with Crippen molar-refractivity contribution in [2.75, 3.05) is 19.6 Å². The molecule has 2 fully saturated rings. The van der Waals surface area contributed by atoms with E-state index in [1.165, 1.54) is 32.1 Å². The van der Waals surface area contributed by atoms with Crippen LogP contribution in [-0.4, -0.2) is 25.5 Å². The Balaban J connectivity index is 1.67. The summed E-state index contributed by atoms with van der Waals surface area (Å²) in [4.78, 5) is 12.1. The summed E-state index contributed by atoms with van der Waals surface area (Å²) in [6, 6.07) is 0. The number of carbonyl (C=O) groups is 1. The van der Waals surface area contributed by atoms with Gasteiger partial charge in [0.2, 0.25) is 5.91 Å². The fourth-order valence-electron chi connectivity index (χ4n) is 3.44. The fraction of sp³-hybridized carbons (Fsp3) is 0.933. The summed E-state index contributed by atoms with van der Waals surface area (Å²) in [6.45, 7) is 7.11. The van der Waals surface area contributed by atoms with E-state index in [0.717, 1.165) is 37.9 Å². The average Bonchev–Trinajstić information content (AvgIpc) is 2.77. The van der Waals surface area contributed by atoms with Gasteiger partial charge in [0.15, 0.2) is 0 Å². The molecular weight excluding hydrogens is 224 g/mol. The zero-order valence-corrected chi connectivity index (χ0v) is 11.9. The van der Waals surface area contributed by atoms with Gasteiger partial charge in [0.25, 0.3) is 0 Å². The van der Waals surface area contributed by atoms with E-state index in [2.05, 4.69) is 24.5 Å². The van der Waals surface area contributed by atoms with Gasteiger partial charge in [0.05, 0.1) is 5.41 Å². The third-order valence-electron chi connectivity index (χ3n) is 4.80. The summed E-state index contributed by atoms with van der Waals surface area (Å²) in [5, 5.41) is 6.43. The predicted octanol–water partition coefficient (Wildman–Crippen LogP) is 2.32. The van der Waals surface area contributed by atoms with E-state index in [0.29, 0.717) is 0 Å². The first kappa shape index (κ1) is 13.9. The first-order valence-corrected chi connectivity index (χ1v) is 7.59. The van der Waals surface area contributed by atoms with Crippen LogP contribution in [0.1, 0.15) is 52.4 Å². The summed E-state index contributed by atoms with van der Waals surface area (Å²) in [5.41, 5.74) is -0.167. The van der Waals surface area contributed by atoms with Gasteiger partial charge in [0.1, 0.15) is 0 Å². The molecule has 3 heteroatoms. The second kappa shape index (κ2) is 6.05. The van der Waals surface area contributed by atoms with Crippen LogP contribution in [0.4, 0.5) is 0 Å². The van der Waals surface area contributed by atoms with Crippen molar-refractivity contribution >= 4 is 5.91 Å². The minimum Gasteiger partial charge on any atom is -0.356 e. The van der Waals surface area contributed by atoms with E-state index in [9.17, 15) is 4.79 Å². The largest absolute Gasteiger partial charge is 0.356 e. The number of hydrogen-bond donors (Lipinski definition) is 2. The van der Waals surface area contributed by atoms with Crippen LogP contribution in [0.15, 0.2) is 0 Å². The molecule has 1 aliphatic carbocycles. The molecule has 1 heterocycles. The molecule has 18 heavy (non-hydrogen) atoms. The highest BCUT2D eigenvalue weighted by atomic mass is 16.2. The highest BCUT2D eigenvalue weighted by Gasteiger charge is 2.35. The lowest BCUT2D eigenvalue weighted by Gasteiger charge is -2.27. The zero-order chi connectivity index (χ0) is 13.0. The van der Waals surface area contributed by atoms with E-state index in [1.807, 2.05) is 0 Å². The molecule has 3 atom stereocenters. The molecule has 2 rings (SSSR count). The zero-order valence-electron chi connectivity index (χ0n) is 11.9. The van der Waals surface area contributed by atoms with E-state index < -0.39 is 0 Å². The second-order valence-corrected chi connectivity index (χ2v) is 6.67. The highest BCUT2D eigenvalue weighted by molar-refractivity contribution is 5.82. The lowest BCUT2D eigenvalue weighted by Crippen LogP contribution is -2.41. The van der Waals surface area contributed by atoms with Crippen molar-refractivity contribution in [3.63, 3.8) is 0 Å². The Labute approximate surface area is 111 Å². The molecule has 1 saturated heterocycles. The van der Waals surface area contributed by atoms with Crippen molar-refractivity contribution in [2.45, 2.75) is 52.4 Å². The number of hydrogen-bond acceptors (Lipinski definition) is 2. The van der Waals surface area contributed by atoms with Crippen molar-refractivity contribution in [3.8, 4) is 0 Å². The maximum Gasteiger partial charge on any atom is 0.227 e. The Kier molecular flexibility index (Phi) is 4.66. The third kappa shape index (κ3) is 3.47. The first-order valence-electron chi connectivity index (χ1n) is 7.59. The van der Waals surface area contributed by atoms with Crippen LogP contribution >= 0.6 is 0 Å². The molecule has 1 aliphatic heterocycles. The van der Waals surface area contributed by atoms with Crippen LogP contribution < -0.4 is 10.6 Å². The number of rotatable bonds is 4. The van der Waals surface area contributed by atoms with Gasteiger partial charge in [-0.05, 0) is 44.6 Å². The Morgan fingerprint density at radius 3 is 2.94 bits per heavy atom. The van der Waals surface area contributed by atoms with E-state index in [4.69, 9.17) is 0 Å². The maximum absolute atomic E-state index is 12.1. The normalized spacial score (nSPS) is 36.6. The fourth-order valence-corrected chi connectivity index (χ4v) is 3.44. The van der Waals surface area contributed by atoms with Gasteiger partial charge >= 0.3 is 0 Å². The third-order valence-corrected chi connectivity index (χ3v) is 4.80. The Bertz CT molecular complexity index is 284. The van der Waals surface area contributed by atoms with Crippen molar-refractivity contribution in [1.29, 1.82) is 0 Å². The molecule has 104 valence electrons. The van der Waals surface area contributed by atoms with Crippen LogP contribution in [-0.2, 0) is 4.79 Å². The Morgan fingerprint density at radius 2 is 2.28 bits per heavy atom. The lowest BCUT2D eigenvalue weighted by atomic mass is 9.81. The summed E-state index contributed by atoms with van der Waals surface area (Å²) in [7, 11) is 0. The van der Waals surface area contributed by atoms with Gasteiger partial charge in [0, 0.05) is 13.1 Å². The number of amides is 1. The summed E-state index contributed by atoms with van der Waals surface area (Å²) in [6.07, 6.45) is 7.63. The molecule has 0 spiro atoms. The minimum atomic E-state index is -0.167. The molecule has 2 aliphatic rings. The monoisotopic (exact) mass is 252 g/mol. The second-order valence-electron chi connectivity index (χ2n) is 6.67. The van der Waals surface area contributed by atoms with Gasteiger partial charge in [-0.2, -0.15) is 0 Å². The van der Waals surface area contributed by atoms with Crippen molar-refractivity contribution in [2.24, 2.45) is 17.3 Å². The molecule has 1 amide bonds. The maximum atomic E-state index is 12.1. The molecule has 2 N–H and O–H groups in total. The standard InChI is InChI=1S/C15H28N2O/c1-12-4-3-5-13(10-12)6-8-17-14(18)15(2)7-9-16-11-15/h12-13,16H,3-11H2,1-2H3,(H,17,18). The molecule has 1 saturated carbocycles. The Morgan fingerprint density at radius 1 is 1.44 bits per heavy atom. The van der Waals surface area contributed by atoms with Crippen LogP contribution in [0, 0.1) is 17.3 Å². The number of nitrogens with one attached hydrogen (secondary N) is 2. The van der Waals surface area contributed by atoms with Crippen molar-refractivity contribution in [3.05, 3.63) is 0 Å². The quantitative estimate of drug-likeness (QED) is 0.806. The molecule has 0 aromatic heterocycles. The molecule has 0 radical (unpaired) electrons. The molecule has 0 aromatic carbocycles. The van der Waals surface area contributed by atoms with Gasteiger partial charge in [-0.25, -0.2) is 0 Å². The van der Waals surface area contributed by atoms with Crippen LogP contribution in [0.25, 0.3) is 0 Å². The number of carbonyl (C=O) groups excluding carboxylic acids is 1. The highest BCUT2D eigenvalue weighted by Crippen LogP contribution is 2.30. The summed E-state index contributed by atoms with van der Waals surface area (Å²) < 4.78 is 0. The lowest BCUT2D eigenvalue weighted by molar-refractivity contribution is -0.129. The first-order chi connectivity index (χ1) is 8.60. The molecule has 0 bridgehead atoms. The van der Waals surface area contributed by atoms with E-state index in [-0.39, 0.29) is 11.3 Å². The smallest absolute Gasteiger partial charge is 0.227 e. The van der Waals surface area contributed by atoms with Crippen LogP contribution in [0.3, 0.4) is 0 Å². The van der Waals surface area contributed by atoms with Gasteiger partial charge in [-0.3, -0.25) is 4.79 Å².